The van der Waals surface area contributed by atoms with E-state index in [1.165, 1.54) is 19.3 Å². The number of rotatable bonds is 3. The molecule has 0 saturated carbocycles. The van der Waals surface area contributed by atoms with Gasteiger partial charge in [-0.15, -0.1) is 0 Å². The standard InChI is InChI=1S/C13H23F3N2/c14-13(15,16)12-5-4-8-18(11-12)10-9-17-6-2-1-3-7-17/h12H,1-11H2/t12-/m0/s1. The molecule has 2 aliphatic heterocycles. The Labute approximate surface area is 107 Å². The van der Waals surface area contributed by atoms with Crippen molar-refractivity contribution in [3.05, 3.63) is 0 Å². The molecule has 2 fully saturated rings. The Bertz CT molecular complexity index is 249. The van der Waals surface area contributed by atoms with Gasteiger partial charge in [0.1, 0.15) is 0 Å². The van der Waals surface area contributed by atoms with Crippen molar-refractivity contribution < 1.29 is 13.2 Å². The van der Waals surface area contributed by atoms with Crippen LogP contribution in [0.15, 0.2) is 0 Å². The fourth-order valence-electron chi connectivity index (χ4n) is 2.99. The highest BCUT2D eigenvalue weighted by Crippen LogP contribution is 2.32. The number of halogens is 3. The first-order valence-electron chi connectivity index (χ1n) is 7.07. The van der Waals surface area contributed by atoms with Crippen molar-refractivity contribution in [3.63, 3.8) is 0 Å². The second-order valence-corrected chi connectivity index (χ2v) is 5.58. The van der Waals surface area contributed by atoms with Crippen LogP contribution in [0, 0.1) is 5.92 Å². The summed E-state index contributed by atoms with van der Waals surface area (Å²) < 4.78 is 38.0. The maximum Gasteiger partial charge on any atom is 0.393 e. The molecule has 0 aromatic heterocycles. The third-order valence-electron chi connectivity index (χ3n) is 4.15. The van der Waals surface area contributed by atoms with Crippen LogP contribution in [-0.4, -0.2) is 55.2 Å². The first kappa shape index (κ1) is 14.1. The average Bonchev–Trinajstić information content (AvgIpc) is 2.37. The zero-order valence-electron chi connectivity index (χ0n) is 10.9. The van der Waals surface area contributed by atoms with Gasteiger partial charge in [-0.05, 0) is 45.3 Å². The van der Waals surface area contributed by atoms with Crippen molar-refractivity contribution in [2.75, 3.05) is 39.3 Å². The molecular formula is C13H23F3N2. The molecule has 18 heavy (non-hydrogen) atoms. The van der Waals surface area contributed by atoms with Gasteiger partial charge in [-0.1, -0.05) is 6.42 Å². The molecule has 0 aromatic carbocycles. The highest BCUT2D eigenvalue weighted by atomic mass is 19.4. The SMILES string of the molecule is FC(F)(F)[C@H]1CCCN(CCN2CCCCC2)C1. The molecule has 0 unspecified atom stereocenters. The van der Waals surface area contributed by atoms with Gasteiger partial charge in [-0.2, -0.15) is 13.2 Å². The first-order chi connectivity index (χ1) is 8.55. The third-order valence-corrected chi connectivity index (χ3v) is 4.15. The molecule has 2 saturated heterocycles. The Morgan fingerprint density at radius 2 is 1.44 bits per heavy atom. The van der Waals surface area contributed by atoms with Crippen LogP contribution < -0.4 is 0 Å². The number of likely N-dealkylation sites (tertiary alicyclic amines) is 2. The predicted octanol–water partition coefficient (Wildman–Crippen LogP) is 2.75. The molecule has 2 nitrogen and oxygen atoms in total. The molecule has 1 atom stereocenters. The predicted molar refractivity (Wildman–Crippen MR) is 65.5 cm³/mol. The minimum absolute atomic E-state index is 0.206. The number of hydrogen-bond acceptors (Lipinski definition) is 2. The lowest BCUT2D eigenvalue weighted by atomic mass is 9.97. The van der Waals surface area contributed by atoms with Gasteiger partial charge < -0.3 is 9.80 Å². The molecule has 0 aliphatic carbocycles. The lowest BCUT2D eigenvalue weighted by Crippen LogP contribution is -2.45. The van der Waals surface area contributed by atoms with E-state index in [0.29, 0.717) is 12.8 Å². The largest absolute Gasteiger partial charge is 0.393 e. The minimum Gasteiger partial charge on any atom is -0.302 e. The molecule has 2 rings (SSSR count). The molecule has 2 aliphatic rings. The maximum atomic E-state index is 12.7. The van der Waals surface area contributed by atoms with Crippen molar-refractivity contribution in [2.24, 2.45) is 5.92 Å². The molecule has 0 spiro atoms. The molecule has 2 heterocycles. The van der Waals surface area contributed by atoms with Crippen LogP contribution in [0.5, 0.6) is 0 Å². The van der Waals surface area contributed by atoms with E-state index in [1.807, 2.05) is 4.90 Å². The highest BCUT2D eigenvalue weighted by molar-refractivity contribution is 4.79. The Balaban J connectivity index is 1.72. The summed E-state index contributed by atoms with van der Waals surface area (Å²) in [5.74, 6) is -1.10. The summed E-state index contributed by atoms with van der Waals surface area (Å²) in [6, 6.07) is 0. The third kappa shape index (κ3) is 4.12. The van der Waals surface area contributed by atoms with Crippen molar-refractivity contribution in [1.29, 1.82) is 0 Å². The van der Waals surface area contributed by atoms with Gasteiger partial charge in [-0.25, -0.2) is 0 Å². The summed E-state index contributed by atoms with van der Waals surface area (Å²) in [6.45, 7) is 5.02. The monoisotopic (exact) mass is 264 g/mol. The van der Waals surface area contributed by atoms with Crippen LogP contribution >= 0.6 is 0 Å². The van der Waals surface area contributed by atoms with E-state index >= 15 is 0 Å². The van der Waals surface area contributed by atoms with Crippen LogP contribution in [0.25, 0.3) is 0 Å². The first-order valence-corrected chi connectivity index (χ1v) is 7.07. The zero-order valence-corrected chi connectivity index (χ0v) is 10.9. The molecule has 0 N–H and O–H groups in total. The second-order valence-electron chi connectivity index (χ2n) is 5.58. The molecule has 0 radical (unpaired) electrons. The van der Waals surface area contributed by atoms with Crippen LogP contribution in [0.2, 0.25) is 0 Å². The van der Waals surface area contributed by atoms with Gasteiger partial charge in [0, 0.05) is 19.6 Å². The van der Waals surface area contributed by atoms with Crippen molar-refractivity contribution in [1.82, 2.24) is 9.80 Å². The van der Waals surface area contributed by atoms with Crippen molar-refractivity contribution >= 4 is 0 Å². The van der Waals surface area contributed by atoms with Gasteiger partial charge >= 0.3 is 6.18 Å². The van der Waals surface area contributed by atoms with E-state index in [9.17, 15) is 13.2 Å². The van der Waals surface area contributed by atoms with Crippen LogP contribution in [0.3, 0.4) is 0 Å². The van der Waals surface area contributed by atoms with Gasteiger partial charge in [-0.3, -0.25) is 0 Å². The van der Waals surface area contributed by atoms with Crippen molar-refractivity contribution in [2.45, 2.75) is 38.3 Å². The van der Waals surface area contributed by atoms with Gasteiger partial charge in [0.25, 0.3) is 0 Å². The van der Waals surface area contributed by atoms with Crippen LogP contribution in [-0.2, 0) is 0 Å². The highest BCUT2D eigenvalue weighted by Gasteiger charge is 2.41. The molecule has 0 aromatic rings. The summed E-state index contributed by atoms with van der Waals surface area (Å²) in [4.78, 5) is 4.39. The molecular weight excluding hydrogens is 241 g/mol. The normalized spacial score (nSPS) is 28.5. The molecule has 5 heteroatoms. The Morgan fingerprint density at radius 3 is 2.11 bits per heavy atom. The Kier molecular flexibility index (Phi) is 4.90. The molecule has 0 amide bonds. The maximum absolute atomic E-state index is 12.7. The molecule has 0 bridgehead atoms. The number of piperidine rings is 2. The summed E-state index contributed by atoms with van der Waals surface area (Å²) in [5, 5.41) is 0. The van der Waals surface area contributed by atoms with Crippen LogP contribution in [0.4, 0.5) is 13.2 Å². The zero-order chi connectivity index (χ0) is 13.0. The summed E-state index contributed by atoms with van der Waals surface area (Å²) >= 11 is 0. The summed E-state index contributed by atoms with van der Waals surface area (Å²) in [7, 11) is 0. The topological polar surface area (TPSA) is 6.48 Å². The number of hydrogen-bond donors (Lipinski definition) is 0. The van der Waals surface area contributed by atoms with Crippen LogP contribution in [0.1, 0.15) is 32.1 Å². The van der Waals surface area contributed by atoms with Gasteiger partial charge in [0.15, 0.2) is 0 Å². The second kappa shape index (κ2) is 6.24. The summed E-state index contributed by atoms with van der Waals surface area (Å²) in [5.41, 5.74) is 0. The fourth-order valence-corrected chi connectivity index (χ4v) is 2.99. The van der Waals surface area contributed by atoms with E-state index in [4.69, 9.17) is 0 Å². The fraction of sp³-hybridized carbons (Fsp3) is 1.00. The van der Waals surface area contributed by atoms with Crippen molar-refractivity contribution in [3.8, 4) is 0 Å². The average molecular weight is 264 g/mol. The lowest BCUT2D eigenvalue weighted by molar-refractivity contribution is -0.186. The van der Waals surface area contributed by atoms with E-state index in [0.717, 1.165) is 32.7 Å². The Morgan fingerprint density at radius 1 is 0.833 bits per heavy atom. The van der Waals surface area contributed by atoms with Gasteiger partial charge in [0.2, 0.25) is 0 Å². The van der Waals surface area contributed by atoms with E-state index < -0.39 is 12.1 Å². The summed E-state index contributed by atoms with van der Waals surface area (Å²) in [6.07, 6.45) is 0.768. The smallest absolute Gasteiger partial charge is 0.302 e. The van der Waals surface area contributed by atoms with E-state index in [-0.39, 0.29) is 6.54 Å². The minimum atomic E-state index is -4.01. The number of nitrogens with zero attached hydrogens (tertiary/aromatic N) is 2. The lowest BCUT2D eigenvalue weighted by Gasteiger charge is -2.35. The van der Waals surface area contributed by atoms with Gasteiger partial charge in [0.05, 0.1) is 5.92 Å². The quantitative estimate of drug-likeness (QED) is 0.773. The Hall–Kier alpha value is -0.290. The molecule has 106 valence electrons. The van der Waals surface area contributed by atoms with E-state index in [2.05, 4.69) is 4.90 Å². The number of alkyl halides is 3. The van der Waals surface area contributed by atoms with E-state index in [1.54, 1.807) is 0 Å².